The first kappa shape index (κ1) is 51.1. The van der Waals surface area contributed by atoms with Crippen LogP contribution in [0.15, 0.2) is 0 Å². The standard InChI is InChI=1S/C19H30O2.C15H24O2.C6H8O3.6CH4/c1-4-19(10-13-5-6-15(19)7-13)21-18(20)17-9-14-8-16(17)12(3)11(14)2;1-9-10(2)14-8-12(9)7-11(14)3-4-13-5-6-15(16)17-13;1-3-4(2)6(8)9-5(3)7;;;;;;/h11-17H,4-10H2,1-3H3;9-14H,3-8H2,1-2H3;3-4H,1-2H3;6*1H4. The van der Waals surface area contributed by atoms with Crippen LogP contribution in [0.3, 0.4) is 0 Å². The third-order valence-corrected chi connectivity index (χ3v) is 15.6. The summed E-state index contributed by atoms with van der Waals surface area (Å²) in [5.41, 5.74) is -0.0866. The normalized spacial score (nSPS) is 43.1. The van der Waals surface area contributed by atoms with Crippen LogP contribution in [-0.2, 0) is 33.4 Å². The van der Waals surface area contributed by atoms with Crippen molar-refractivity contribution in [1.82, 2.24) is 0 Å². The average Bonchev–Trinajstić information content (AvgIpc) is 3.92. The van der Waals surface area contributed by atoms with Gasteiger partial charge in [-0.2, -0.15) is 0 Å². The summed E-state index contributed by atoms with van der Waals surface area (Å²) in [7, 11) is 0. The predicted molar refractivity (Wildman–Crippen MR) is 219 cm³/mol. The Bertz CT molecular complexity index is 1180. The van der Waals surface area contributed by atoms with E-state index < -0.39 is 11.9 Å². The molecule has 16 atom stereocenters. The topological polar surface area (TPSA) is 96.0 Å². The number of hydrogen-bond donors (Lipinski definition) is 0. The zero-order valence-corrected chi connectivity index (χ0v) is 30.2. The van der Waals surface area contributed by atoms with Gasteiger partial charge in [-0.1, -0.05) is 93.0 Å². The second-order valence-electron chi connectivity index (χ2n) is 17.6. The van der Waals surface area contributed by atoms with Crippen LogP contribution in [-0.4, -0.2) is 35.6 Å². The van der Waals surface area contributed by atoms with Gasteiger partial charge in [-0.25, -0.2) is 0 Å². The monoisotopic (exact) mass is 751 g/mol. The fourth-order valence-corrected chi connectivity index (χ4v) is 11.8. The lowest BCUT2D eigenvalue weighted by atomic mass is 9.74. The minimum atomic E-state index is -0.396. The van der Waals surface area contributed by atoms with Gasteiger partial charge in [-0.15, -0.1) is 0 Å². The van der Waals surface area contributed by atoms with Gasteiger partial charge in [0.25, 0.3) is 0 Å². The fraction of sp³-hybridized carbons (Fsp3) is 0.913. The first-order chi connectivity index (χ1) is 22.3. The molecule has 6 aliphatic carbocycles. The van der Waals surface area contributed by atoms with E-state index in [0.29, 0.717) is 24.2 Å². The van der Waals surface area contributed by atoms with E-state index in [1.54, 1.807) is 13.8 Å². The van der Waals surface area contributed by atoms with Gasteiger partial charge in [0.15, 0.2) is 0 Å². The Balaban J connectivity index is 0.000000771. The first-order valence-electron chi connectivity index (χ1n) is 19.5. The lowest BCUT2D eigenvalue weighted by Crippen LogP contribution is -2.43. The number of cyclic esters (lactones) is 3. The Kier molecular flexibility index (Phi) is 19.6. The molecular weight excluding hydrogens is 664 g/mol. The Morgan fingerprint density at radius 1 is 0.698 bits per heavy atom. The maximum absolute atomic E-state index is 12.9. The van der Waals surface area contributed by atoms with Gasteiger partial charge in [0.05, 0.1) is 17.8 Å². The van der Waals surface area contributed by atoms with E-state index in [-0.39, 0.29) is 86.0 Å². The first-order valence-corrected chi connectivity index (χ1v) is 19.5. The number of carbonyl (C=O) groups is 4. The van der Waals surface area contributed by atoms with E-state index in [0.717, 1.165) is 79.4 Å². The Hall–Kier alpha value is -1.92. The zero-order chi connectivity index (χ0) is 33.8. The molecule has 6 bridgehead atoms. The van der Waals surface area contributed by atoms with Crippen LogP contribution in [0.25, 0.3) is 0 Å². The molecule has 0 aromatic heterocycles. The van der Waals surface area contributed by atoms with E-state index >= 15 is 0 Å². The van der Waals surface area contributed by atoms with E-state index in [9.17, 15) is 19.2 Å². The van der Waals surface area contributed by atoms with Gasteiger partial charge < -0.3 is 14.2 Å². The van der Waals surface area contributed by atoms with Crippen LogP contribution in [0.1, 0.15) is 176 Å². The van der Waals surface area contributed by atoms with Crippen LogP contribution in [0.4, 0.5) is 0 Å². The number of carbonyl (C=O) groups excluding carboxylic acids is 4. The van der Waals surface area contributed by atoms with Crippen molar-refractivity contribution in [2.75, 3.05) is 0 Å². The molecule has 0 aromatic rings. The quantitative estimate of drug-likeness (QED) is 0.151. The minimum absolute atomic E-state index is 0. The Morgan fingerprint density at radius 3 is 1.66 bits per heavy atom. The molecule has 0 radical (unpaired) electrons. The van der Waals surface area contributed by atoms with Crippen molar-refractivity contribution in [3.8, 4) is 0 Å². The van der Waals surface area contributed by atoms with Crippen molar-refractivity contribution >= 4 is 23.9 Å². The van der Waals surface area contributed by atoms with Crippen molar-refractivity contribution in [2.24, 2.45) is 82.9 Å². The highest BCUT2D eigenvalue weighted by atomic mass is 16.6. The SMILES string of the molecule is C.C.C.C.C.C.CC1C(=O)OC(=O)C1C.CC1C2CC(CCC3CCC(=O)O3)C(C2)C1C.CCC1(OC(=O)C2CC3CC2C(C)C3C)CC2CCC1C2. The van der Waals surface area contributed by atoms with Gasteiger partial charge in [0.2, 0.25) is 0 Å². The van der Waals surface area contributed by atoms with Crippen LogP contribution >= 0.6 is 0 Å². The molecule has 7 heteroatoms. The summed E-state index contributed by atoms with van der Waals surface area (Å²) in [6, 6.07) is 0. The summed E-state index contributed by atoms with van der Waals surface area (Å²) in [5.74, 6) is 8.23. The van der Waals surface area contributed by atoms with Gasteiger partial charge in [0, 0.05) is 6.42 Å². The van der Waals surface area contributed by atoms with E-state index in [4.69, 9.17) is 9.47 Å². The molecule has 312 valence electrons. The predicted octanol–water partition coefficient (Wildman–Crippen LogP) is 12.0. The zero-order valence-electron chi connectivity index (χ0n) is 30.2. The molecule has 8 fully saturated rings. The van der Waals surface area contributed by atoms with Crippen LogP contribution in [0, 0.1) is 82.9 Å². The Labute approximate surface area is 327 Å². The molecule has 53 heavy (non-hydrogen) atoms. The highest BCUT2D eigenvalue weighted by molar-refractivity contribution is 5.95. The molecule has 0 aromatic carbocycles. The molecule has 8 rings (SSSR count). The number of esters is 4. The molecule has 16 unspecified atom stereocenters. The van der Waals surface area contributed by atoms with Crippen LogP contribution in [0.5, 0.6) is 0 Å². The summed E-state index contributed by atoms with van der Waals surface area (Å²) in [6.07, 6.45) is 15.7. The van der Waals surface area contributed by atoms with E-state index in [1.165, 1.54) is 44.9 Å². The summed E-state index contributed by atoms with van der Waals surface area (Å²) < 4.78 is 15.9. The summed E-state index contributed by atoms with van der Waals surface area (Å²) in [5, 5.41) is 0. The summed E-state index contributed by atoms with van der Waals surface area (Å²) in [4.78, 5) is 45.0. The van der Waals surface area contributed by atoms with Crippen LogP contribution in [0.2, 0.25) is 0 Å². The van der Waals surface area contributed by atoms with Gasteiger partial charge >= 0.3 is 23.9 Å². The molecule has 7 nitrogen and oxygen atoms in total. The average molecular weight is 751 g/mol. The second-order valence-corrected chi connectivity index (χ2v) is 17.6. The minimum Gasteiger partial charge on any atom is -0.462 e. The van der Waals surface area contributed by atoms with E-state index in [1.807, 2.05) is 0 Å². The highest BCUT2D eigenvalue weighted by Gasteiger charge is 2.56. The van der Waals surface area contributed by atoms with Gasteiger partial charge in [-0.3, -0.25) is 19.2 Å². The lowest BCUT2D eigenvalue weighted by Gasteiger charge is -2.39. The van der Waals surface area contributed by atoms with Crippen molar-refractivity contribution in [2.45, 2.75) is 188 Å². The van der Waals surface area contributed by atoms with Crippen molar-refractivity contribution in [3.63, 3.8) is 0 Å². The lowest BCUT2D eigenvalue weighted by molar-refractivity contribution is -0.174. The van der Waals surface area contributed by atoms with Crippen LogP contribution < -0.4 is 0 Å². The van der Waals surface area contributed by atoms with Crippen molar-refractivity contribution in [1.29, 1.82) is 0 Å². The summed E-state index contributed by atoms with van der Waals surface area (Å²) >= 11 is 0. The van der Waals surface area contributed by atoms with Crippen molar-refractivity contribution < 1.29 is 33.4 Å². The molecule has 2 heterocycles. The number of hydrogen-bond acceptors (Lipinski definition) is 7. The van der Waals surface area contributed by atoms with Gasteiger partial charge in [0.1, 0.15) is 11.7 Å². The largest absolute Gasteiger partial charge is 0.462 e. The third-order valence-electron chi connectivity index (χ3n) is 15.6. The highest BCUT2D eigenvalue weighted by Crippen LogP contribution is 2.58. The molecule has 2 saturated heterocycles. The molecule has 0 spiro atoms. The fourth-order valence-electron chi connectivity index (χ4n) is 11.8. The van der Waals surface area contributed by atoms with Gasteiger partial charge in [-0.05, 0) is 142 Å². The summed E-state index contributed by atoms with van der Waals surface area (Å²) in [6.45, 7) is 15.2. The smallest absolute Gasteiger partial charge is 0.317 e. The number of ether oxygens (including phenoxy) is 3. The molecular formula is C46H86O7. The molecule has 2 aliphatic heterocycles. The number of fused-ring (bicyclic) bond motifs is 6. The number of rotatable bonds is 6. The van der Waals surface area contributed by atoms with E-state index in [2.05, 4.69) is 39.4 Å². The molecule has 0 amide bonds. The molecule has 8 aliphatic rings. The molecule has 6 saturated carbocycles. The second kappa shape index (κ2) is 20.3. The molecule has 0 N–H and O–H groups in total. The maximum Gasteiger partial charge on any atom is 0.317 e. The Morgan fingerprint density at radius 2 is 1.26 bits per heavy atom. The maximum atomic E-state index is 12.9. The third kappa shape index (κ3) is 9.91. The van der Waals surface area contributed by atoms with Crippen molar-refractivity contribution in [3.05, 3.63) is 0 Å².